The Bertz CT molecular complexity index is 334. The van der Waals surface area contributed by atoms with Crippen LogP contribution in [0.3, 0.4) is 0 Å². The molecule has 0 heterocycles. The number of hydrogen-bond acceptors (Lipinski definition) is 1. The van der Waals surface area contributed by atoms with Gasteiger partial charge in [-0.2, -0.15) is 4.79 Å². The molecule has 2 saturated carbocycles. The predicted molar refractivity (Wildman–Crippen MR) is 52.8 cm³/mol. The van der Waals surface area contributed by atoms with Gasteiger partial charge >= 0.3 is 5.71 Å². The van der Waals surface area contributed by atoms with Gasteiger partial charge in [0.05, 0.1) is 5.92 Å². The van der Waals surface area contributed by atoms with Crippen molar-refractivity contribution in [3.8, 4) is 0 Å². The van der Waals surface area contributed by atoms with Gasteiger partial charge in [-0.15, -0.1) is 0 Å². The van der Waals surface area contributed by atoms with Gasteiger partial charge in [0.15, 0.2) is 0 Å². The zero-order valence-corrected chi connectivity index (χ0v) is 8.95. The summed E-state index contributed by atoms with van der Waals surface area (Å²) in [6, 6.07) is 0. The fraction of sp³-hybridized carbons (Fsp3) is 0.818. The lowest BCUT2D eigenvalue weighted by atomic mass is 9.74. The molecule has 0 aromatic carbocycles. The number of fused-ring (bicyclic) bond motifs is 2. The first-order chi connectivity index (χ1) is 6.46. The first-order valence-electron chi connectivity index (χ1n) is 5.23. The Hall–Kier alpha value is -0.950. The van der Waals surface area contributed by atoms with Crippen molar-refractivity contribution < 1.29 is 9.58 Å². The van der Waals surface area contributed by atoms with E-state index in [9.17, 15) is 4.79 Å². The first kappa shape index (κ1) is 9.60. The van der Waals surface area contributed by atoms with Crippen molar-refractivity contribution in [1.82, 2.24) is 0 Å². The molecule has 3 atom stereocenters. The van der Waals surface area contributed by atoms with Crippen LogP contribution in [0.1, 0.15) is 33.6 Å². The lowest BCUT2D eigenvalue weighted by molar-refractivity contribution is -0.121. The Morgan fingerprint density at radius 2 is 1.86 bits per heavy atom. The minimum absolute atomic E-state index is 0.0867. The summed E-state index contributed by atoms with van der Waals surface area (Å²) < 4.78 is 0. The number of ketones is 1. The number of rotatable bonds is 0. The fourth-order valence-electron chi connectivity index (χ4n) is 3.30. The molecular weight excluding hydrogens is 176 g/mol. The molecule has 2 fully saturated rings. The molecule has 2 rings (SSSR count). The summed E-state index contributed by atoms with van der Waals surface area (Å²) in [5.74, 6) is 0.785. The van der Waals surface area contributed by atoms with Crippen LogP contribution >= 0.6 is 0 Å². The molecular formula is C11H16N2O. The molecule has 0 aromatic rings. The van der Waals surface area contributed by atoms with Gasteiger partial charge in [0.2, 0.25) is 5.78 Å². The Morgan fingerprint density at radius 3 is 2.21 bits per heavy atom. The molecule has 0 N–H and O–H groups in total. The van der Waals surface area contributed by atoms with Crippen molar-refractivity contribution in [3.63, 3.8) is 0 Å². The van der Waals surface area contributed by atoms with Crippen LogP contribution in [0.5, 0.6) is 0 Å². The minimum Gasteiger partial charge on any atom is -0.361 e. The summed E-state index contributed by atoms with van der Waals surface area (Å²) >= 11 is 0. The molecule has 0 spiro atoms. The smallest absolute Gasteiger partial charge is 0.338 e. The number of nitrogens with zero attached hydrogens (tertiary/aromatic N) is 2. The monoisotopic (exact) mass is 192 g/mol. The van der Waals surface area contributed by atoms with Crippen molar-refractivity contribution in [2.45, 2.75) is 33.6 Å². The maximum absolute atomic E-state index is 11.8. The van der Waals surface area contributed by atoms with Gasteiger partial charge in [0.25, 0.3) is 0 Å². The van der Waals surface area contributed by atoms with Crippen molar-refractivity contribution in [2.75, 3.05) is 0 Å². The van der Waals surface area contributed by atoms with Gasteiger partial charge in [0.1, 0.15) is 0 Å². The molecule has 0 amide bonds. The van der Waals surface area contributed by atoms with E-state index in [-0.39, 0.29) is 23.0 Å². The van der Waals surface area contributed by atoms with Crippen LogP contribution in [0.25, 0.3) is 5.53 Å². The zero-order chi connectivity index (χ0) is 10.5. The van der Waals surface area contributed by atoms with Gasteiger partial charge in [-0.25, -0.2) is 0 Å². The second-order valence-corrected chi connectivity index (χ2v) is 5.53. The van der Waals surface area contributed by atoms with E-state index in [1.54, 1.807) is 0 Å². The molecule has 0 saturated heterocycles. The molecule has 3 heteroatoms. The maximum Gasteiger partial charge on any atom is 0.338 e. The summed E-state index contributed by atoms with van der Waals surface area (Å²) in [4.78, 5) is 14.9. The summed E-state index contributed by atoms with van der Waals surface area (Å²) in [5, 5.41) is 0. The van der Waals surface area contributed by atoms with Crippen molar-refractivity contribution in [1.29, 1.82) is 0 Å². The number of Topliss-reactive ketones (excluding diaryl/α,β-unsaturated/α-hetero) is 1. The quantitative estimate of drug-likeness (QED) is 0.427. The number of hydrogen-bond donors (Lipinski definition) is 0. The topological polar surface area (TPSA) is 53.5 Å². The van der Waals surface area contributed by atoms with Crippen LogP contribution < -0.4 is 0 Å². The van der Waals surface area contributed by atoms with Crippen LogP contribution in [-0.4, -0.2) is 16.3 Å². The maximum atomic E-state index is 11.8. The van der Waals surface area contributed by atoms with Crippen LogP contribution in [0.2, 0.25) is 0 Å². The second-order valence-electron chi connectivity index (χ2n) is 5.53. The van der Waals surface area contributed by atoms with E-state index in [2.05, 4.69) is 25.6 Å². The molecule has 0 unspecified atom stereocenters. The van der Waals surface area contributed by atoms with Gasteiger partial charge in [-0.3, -0.25) is 4.79 Å². The third kappa shape index (κ3) is 1.09. The first-order valence-corrected chi connectivity index (χ1v) is 5.23. The van der Waals surface area contributed by atoms with E-state index in [1.165, 1.54) is 0 Å². The van der Waals surface area contributed by atoms with E-state index in [4.69, 9.17) is 5.53 Å². The molecule has 0 radical (unpaired) electrons. The molecule has 2 aliphatic rings. The van der Waals surface area contributed by atoms with Crippen LogP contribution in [-0.2, 0) is 4.79 Å². The average molecular weight is 192 g/mol. The molecule has 2 aliphatic carbocycles. The fourth-order valence-corrected chi connectivity index (χ4v) is 3.30. The lowest BCUT2D eigenvalue weighted by Crippen LogP contribution is -2.25. The van der Waals surface area contributed by atoms with Crippen LogP contribution in [0.15, 0.2) is 0 Å². The van der Waals surface area contributed by atoms with Crippen molar-refractivity contribution >= 4 is 11.5 Å². The van der Waals surface area contributed by atoms with E-state index in [1.807, 2.05) is 0 Å². The highest BCUT2D eigenvalue weighted by Gasteiger charge is 2.60. The zero-order valence-electron chi connectivity index (χ0n) is 8.95. The number of carbonyl (C=O) groups excluding carboxylic acids is 1. The van der Waals surface area contributed by atoms with Gasteiger partial charge in [-0.1, -0.05) is 20.8 Å². The van der Waals surface area contributed by atoms with Crippen molar-refractivity contribution in [3.05, 3.63) is 5.53 Å². The summed E-state index contributed by atoms with van der Waals surface area (Å²) in [5.41, 5.74) is 9.37. The molecule has 0 aromatic heterocycles. The van der Waals surface area contributed by atoms with Crippen LogP contribution in [0, 0.1) is 23.2 Å². The summed E-state index contributed by atoms with van der Waals surface area (Å²) in [6.45, 7) is 6.49. The Morgan fingerprint density at radius 1 is 1.29 bits per heavy atom. The number of carbonyl (C=O) groups is 1. The molecule has 2 bridgehead atoms. The second kappa shape index (κ2) is 2.77. The van der Waals surface area contributed by atoms with Gasteiger partial charge < -0.3 is 5.53 Å². The third-order valence-electron chi connectivity index (χ3n) is 3.70. The van der Waals surface area contributed by atoms with E-state index in [0.717, 1.165) is 12.8 Å². The van der Waals surface area contributed by atoms with E-state index < -0.39 is 0 Å². The molecule has 0 aliphatic heterocycles. The van der Waals surface area contributed by atoms with Gasteiger partial charge in [0, 0.05) is 5.92 Å². The highest BCUT2D eigenvalue weighted by Crippen LogP contribution is 2.52. The molecule has 76 valence electrons. The summed E-state index contributed by atoms with van der Waals surface area (Å²) in [7, 11) is 0. The highest BCUT2D eigenvalue weighted by atomic mass is 16.1. The Balaban J connectivity index is 2.42. The van der Waals surface area contributed by atoms with Crippen LogP contribution in [0.4, 0.5) is 0 Å². The average Bonchev–Trinajstić information content (AvgIpc) is 2.57. The normalized spacial score (nSPS) is 36.4. The summed E-state index contributed by atoms with van der Waals surface area (Å²) in [6.07, 6.45) is 1.99. The minimum atomic E-state index is 0.0867. The standard InChI is InChI=1S/C11H16N2O/c1-11(2,3)8-6-4-5-7(8)10(14)9(6)13-12/h6-8H,4-5H2,1-3H3/t6-,7+,8+/m1/s1. The highest BCUT2D eigenvalue weighted by molar-refractivity contribution is 6.41. The largest absolute Gasteiger partial charge is 0.361 e. The predicted octanol–water partition coefficient (Wildman–Crippen LogP) is 1.93. The van der Waals surface area contributed by atoms with E-state index >= 15 is 0 Å². The lowest BCUT2D eigenvalue weighted by Gasteiger charge is -2.28. The molecule has 14 heavy (non-hydrogen) atoms. The van der Waals surface area contributed by atoms with Gasteiger partial charge in [-0.05, 0) is 24.2 Å². The SMILES string of the molecule is CC(C)(C)[C@@H]1[C@@H]2CC[C@H]1C(=[N+]=[N-])C2=O. The van der Waals surface area contributed by atoms with E-state index in [0.29, 0.717) is 11.6 Å². The Labute approximate surface area is 84.1 Å². The Kier molecular flexibility index (Phi) is 1.90. The third-order valence-corrected chi connectivity index (χ3v) is 3.70. The van der Waals surface area contributed by atoms with Crippen molar-refractivity contribution in [2.24, 2.45) is 23.2 Å². The molecule has 3 nitrogen and oxygen atoms in total.